The van der Waals surface area contributed by atoms with Gasteiger partial charge in [0, 0.05) is 0 Å². The molecule has 0 bridgehead atoms. The fourth-order valence-corrected chi connectivity index (χ4v) is 4.26. The third-order valence-corrected chi connectivity index (χ3v) is 5.54. The zero-order valence-electron chi connectivity index (χ0n) is 13.7. The summed E-state index contributed by atoms with van der Waals surface area (Å²) < 4.78 is 28.1. The van der Waals surface area contributed by atoms with Gasteiger partial charge in [-0.05, 0) is 67.6 Å². The van der Waals surface area contributed by atoms with Gasteiger partial charge in [-0.3, -0.25) is 0 Å². The number of allylic oxidation sites excluding steroid dienone is 1. The van der Waals surface area contributed by atoms with Crippen LogP contribution in [0, 0.1) is 34.8 Å². The number of fused-ring (bicyclic) bond motifs is 1. The van der Waals surface area contributed by atoms with Crippen molar-refractivity contribution in [2.45, 2.75) is 58.3 Å². The molecule has 1 aromatic rings. The average Bonchev–Trinajstić information content (AvgIpc) is 2.56. The predicted molar refractivity (Wildman–Crippen MR) is 87.7 cm³/mol. The van der Waals surface area contributed by atoms with Gasteiger partial charge in [-0.15, -0.1) is 0 Å². The SMILES string of the molecule is CCCC1CCC(C2=Cc3cc(F)c(C#N)c(F)c3CC2)CC1. The Morgan fingerprint density at radius 3 is 2.57 bits per heavy atom. The first-order valence-corrected chi connectivity index (χ1v) is 8.75. The number of halogens is 2. The van der Waals surface area contributed by atoms with E-state index in [9.17, 15) is 8.78 Å². The van der Waals surface area contributed by atoms with Crippen molar-refractivity contribution in [3.63, 3.8) is 0 Å². The summed E-state index contributed by atoms with van der Waals surface area (Å²) in [5.74, 6) is 0.0242. The van der Waals surface area contributed by atoms with Crippen LogP contribution >= 0.6 is 0 Å². The lowest BCUT2D eigenvalue weighted by Gasteiger charge is -2.32. The highest BCUT2D eigenvalue weighted by Crippen LogP contribution is 2.40. The number of nitrogens with zero attached hydrogens (tertiary/aromatic N) is 1. The average molecular weight is 315 g/mol. The number of hydrogen-bond donors (Lipinski definition) is 0. The van der Waals surface area contributed by atoms with Crippen molar-refractivity contribution in [1.82, 2.24) is 0 Å². The van der Waals surface area contributed by atoms with Crippen LogP contribution < -0.4 is 0 Å². The molecular weight excluding hydrogens is 292 g/mol. The van der Waals surface area contributed by atoms with Crippen molar-refractivity contribution < 1.29 is 8.78 Å². The molecule has 0 heterocycles. The highest BCUT2D eigenvalue weighted by atomic mass is 19.1. The number of rotatable bonds is 3. The van der Waals surface area contributed by atoms with Gasteiger partial charge in [0.1, 0.15) is 23.3 Å². The third kappa shape index (κ3) is 3.17. The standard InChI is InChI=1S/C20H23F2N/c1-2-3-13-4-6-14(7-5-13)15-8-9-17-16(10-15)11-19(21)18(12-23)20(17)22/h10-11,13-14H,2-9H2,1H3. The summed E-state index contributed by atoms with van der Waals surface area (Å²) in [7, 11) is 0. The molecule has 1 nitrogen and oxygen atoms in total. The van der Waals surface area contributed by atoms with Crippen LogP contribution in [0.25, 0.3) is 6.08 Å². The van der Waals surface area contributed by atoms with Crippen molar-refractivity contribution in [2.24, 2.45) is 11.8 Å². The number of hydrogen-bond acceptors (Lipinski definition) is 1. The minimum atomic E-state index is -0.743. The number of nitriles is 1. The molecular formula is C20H23F2N. The Bertz CT molecular complexity index is 661. The summed E-state index contributed by atoms with van der Waals surface area (Å²) in [4.78, 5) is 0. The topological polar surface area (TPSA) is 23.8 Å². The normalized spacial score (nSPS) is 23.8. The molecule has 0 N–H and O–H groups in total. The Kier molecular flexibility index (Phi) is 4.80. The van der Waals surface area contributed by atoms with E-state index in [1.54, 1.807) is 6.07 Å². The van der Waals surface area contributed by atoms with Crippen LogP contribution in [0.5, 0.6) is 0 Å². The molecule has 0 unspecified atom stereocenters. The van der Waals surface area contributed by atoms with Gasteiger partial charge in [-0.1, -0.05) is 31.4 Å². The van der Waals surface area contributed by atoms with Gasteiger partial charge in [0.15, 0.2) is 0 Å². The summed E-state index contributed by atoms with van der Waals surface area (Å²) in [6.07, 6.45) is 10.9. The Hall–Kier alpha value is -1.69. The van der Waals surface area contributed by atoms with E-state index in [1.807, 2.05) is 6.08 Å². The molecule has 0 amide bonds. The van der Waals surface area contributed by atoms with E-state index >= 15 is 0 Å². The summed E-state index contributed by atoms with van der Waals surface area (Å²) in [6.45, 7) is 2.24. The van der Waals surface area contributed by atoms with Crippen LogP contribution in [-0.2, 0) is 6.42 Å². The Balaban J connectivity index is 1.81. The van der Waals surface area contributed by atoms with Gasteiger partial charge < -0.3 is 0 Å². The summed E-state index contributed by atoms with van der Waals surface area (Å²) in [6, 6.07) is 2.97. The largest absolute Gasteiger partial charge is 0.205 e. The van der Waals surface area contributed by atoms with E-state index in [2.05, 4.69) is 6.92 Å². The molecule has 1 saturated carbocycles. The molecule has 2 aliphatic rings. The molecule has 0 saturated heterocycles. The van der Waals surface area contributed by atoms with E-state index < -0.39 is 17.2 Å². The second kappa shape index (κ2) is 6.83. The van der Waals surface area contributed by atoms with E-state index in [1.165, 1.54) is 50.2 Å². The van der Waals surface area contributed by atoms with Gasteiger partial charge in [0.2, 0.25) is 0 Å². The summed E-state index contributed by atoms with van der Waals surface area (Å²) in [5.41, 5.74) is 2.04. The van der Waals surface area contributed by atoms with E-state index in [4.69, 9.17) is 5.26 Å². The Morgan fingerprint density at radius 1 is 1.17 bits per heavy atom. The van der Waals surface area contributed by atoms with Crippen LogP contribution in [0.1, 0.15) is 68.6 Å². The molecule has 122 valence electrons. The zero-order chi connectivity index (χ0) is 16.4. The maximum atomic E-state index is 14.2. The van der Waals surface area contributed by atoms with E-state index in [0.29, 0.717) is 23.5 Å². The molecule has 3 heteroatoms. The highest BCUT2D eigenvalue weighted by molar-refractivity contribution is 5.62. The lowest BCUT2D eigenvalue weighted by molar-refractivity contribution is 0.283. The Morgan fingerprint density at radius 2 is 1.91 bits per heavy atom. The van der Waals surface area contributed by atoms with Crippen LogP contribution in [0.3, 0.4) is 0 Å². The smallest absolute Gasteiger partial charge is 0.147 e. The molecule has 2 aliphatic carbocycles. The Labute approximate surface area is 137 Å². The van der Waals surface area contributed by atoms with Crippen molar-refractivity contribution in [1.29, 1.82) is 5.26 Å². The molecule has 3 rings (SSSR count). The van der Waals surface area contributed by atoms with Crippen LogP contribution in [-0.4, -0.2) is 0 Å². The highest BCUT2D eigenvalue weighted by Gasteiger charge is 2.27. The maximum absolute atomic E-state index is 14.2. The first-order valence-electron chi connectivity index (χ1n) is 8.75. The second-order valence-corrected chi connectivity index (χ2v) is 6.95. The van der Waals surface area contributed by atoms with Crippen LogP contribution in [0.2, 0.25) is 0 Å². The van der Waals surface area contributed by atoms with Crippen LogP contribution in [0.15, 0.2) is 11.6 Å². The monoisotopic (exact) mass is 315 g/mol. The van der Waals surface area contributed by atoms with E-state index in [-0.39, 0.29) is 0 Å². The van der Waals surface area contributed by atoms with E-state index in [0.717, 1.165) is 12.3 Å². The van der Waals surface area contributed by atoms with Crippen molar-refractivity contribution in [2.75, 3.05) is 0 Å². The minimum Gasteiger partial charge on any atom is -0.205 e. The van der Waals surface area contributed by atoms with Crippen LogP contribution in [0.4, 0.5) is 8.78 Å². The fourth-order valence-electron chi connectivity index (χ4n) is 4.26. The van der Waals surface area contributed by atoms with Crippen molar-refractivity contribution >= 4 is 6.08 Å². The van der Waals surface area contributed by atoms with Gasteiger partial charge in [-0.2, -0.15) is 5.26 Å². The molecule has 0 spiro atoms. The second-order valence-electron chi connectivity index (χ2n) is 6.95. The molecule has 0 aliphatic heterocycles. The maximum Gasteiger partial charge on any atom is 0.147 e. The first-order chi connectivity index (χ1) is 11.1. The molecule has 1 aromatic carbocycles. The summed E-state index contributed by atoms with van der Waals surface area (Å²) >= 11 is 0. The molecule has 1 fully saturated rings. The zero-order valence-corrected chi connectivity index (χ0v) is 13.7. The fraction of sp³-hybridized carbons (Fsp3) is 0.550. The van der Waals surface area contributed by atoms with Crippen molar-refractivity contribution in [3.8, 4) is 6.07 Å². The molecule has 0 radical (unpaired) electrons. The molecule has 0 atom stereocenters. The minimum absolute atomic E-state index is 0.444. The third-order valence-electron chi connectivity index (χ3n) is 5.54. The lowest BCUT2D eigenvalue weighted by atomic mass is 9.74. The lowest BCUT2D eigenvalue weighted by Crippen LogP contribution is -2.18. The van der Waals surface area contributed by atoms with Gasteiger partial charge in [0.05, 0.1) is 0 Å². The quantitative estimate of drug-likeness (QED) is 0.694. The van der Waals surface area contributed by atoms with Gasteiger partial charge in [-0.25, -0.2) is 8.78 Å². The van der Waals surface area contributed by atoms with Gasteiger partial charge in [0.25, 0.3) is 0 Å². The predicted octanol–water partition coefficient (Wildman–Crippen LogP) is 5.77. The molecule has 0 aromatic heterocycles. The van der Waals surface area contributed by atoms with Gasteiger partial charge >= 0.3 is 0 Å². The first kappa shape index (κ1) is 16.2. The molecule has 23 heavy (non-hydrogen) atoms. The number of benzene rings is 1. The van der Waals surface area contributed by atoms with Crippen molar-refractivity contribution in [3.05, 3.63) is 40.0 Å². The summed E-state index contributed by atoms with van der Waals surface area (Å²) in [5, 5.41) is 8.88.